The zero-order valence-electron chi connectivity index (χ0n) is 19.5. The first kappa shape index (κ1) is 21.0. The molecule has 1 aliphatic carbocycles. The summed E-state index contributed by atoms with van der Waals surface area (Å²) >= 11 is 0. The Hall–Kier alpha value is -3.61. The van der Waals surface area contributed by atoms with Crippen molar-refractivity contribution in [2.45, 2.75) is 50.6 Å². The number of nitrogens with one attached hydrogen (secondary N) is 1. The number of aromatic nitrogens is 3. The predicted molar refractivity (Wildman–Crippen MR) is 130 cm³/mol. The predicted octanol–water partition coefficient (Wildman–Crippen LogP) is 4.90. The minimum absolute atomic E-state index is 0.0473. The van der Waals surface area contributed by atoms with E-state index in [1.165, 1.54) is 6.42 Å². The summed E-state index contributed by atoms with van der Waals surface area (Å²) in [5.41, 5.74) is 4.55. The number of fused-ring (bicyclic) bond motifs is 4. The lowest BCUT2D eigenvalue weighted by atomic mass is 9.93. The Morgan fingerprint density at radius 1 is 0.941 bits per heavy atom. The molecular weight excluding hydrogens is 430 g/mol. The van der Waals surface area contributed by atoms with Gasteiger partial charge in [-0.25, -0.2) is 4.79 Å². The molecule has 1 saturated carbocycles. The van der Waals surface area contributed by atoms with Gasteiger partial charge >= 0.3 is 5.69 Å². The highest BCUT2D eigenvalue weighted by Gasteiger charge is 2.37. The second-order valence-corrected chi connectivity index (χ2v) is 9.37. The van der Waals surface area contributed by atoms with Gasteiger partial charge in [0, 0.05) is 29.1 Å². The third kappa shape index (κ3) is 3.06. The largest absolute Gasteiger partial charge is 0.497 e. The van der Waals surface area contributed by atoms with Crippen LogP contribution in [0.2, 0.25) is 0 Å². The molecule has 2 aromatic heterocycles. The van der Waals surface area contributed by atoms with E-state index in [0.29, 0.717) is 12.1 Å². The fraction of sp³-hybridized carbons (Fsp3) is 0.370. The lowest BCUT2D eigenvalue weighted by Crippen LogP contribution is -2.34. The van der Waals surface area contributed by atoms with E-state index < -0.39 is 0 Å². The number of imidazole rings is 1. The molecule has 2 aliphatic rings. The molecule has 176 valence electrons. The molecule has 7 heteroatoms. The Morgan fingerprint density at radius 2 is 1.65 bits per heavy atom. The van der Waals surface area contributed by atoms with Crippen molar-refractivity contribution in [3.05, 3.63) is 75.5 Å². The van der Waals surface area contributed by atoms with E-state index in [0.717, 1.165) is 64.9 Å². The fourth-order valence-corrected chi connectivity index (χ4v) is 5.86. The zero-order chi connectivity index (χ0) is 23.4. The van der Waals surface area contributed by atoms with E-state index in [1.807, 2.05) is 42.5 Å². The van der Waals surface area contributed by atoms with Crippen LogP contribution >= 0.6 is 0 Å². The summed E-state index contributed by atoms with van der Waals surface area (Å²) < 4.78 is 14.3. The number of ether oxygens (including phenoxy) is 2. The number of H-pyrrole nitrogens is 1. The van der Waals surface area contributed by atoms with E-state index in [2.05, 4.69) is 4.98 Å². The third-order valence-corrected chi connectivity index (χ3v) is 7.58. The van der Waals surface area contributed by atoms with Gasteiger partial charge in [-0.2, -0.15) is 0 Å². The molecule has 1 unspecified atom stereocenters. The first-order chi connectivity index (χ1) is 16.6. The Balaban J connectivity index is 1.59. The van der Waals surface area contributed by atoms with Crippen LogP contribution in [-0.2, 0) is 6.42 Å². The topological polar surface area (TPSA) is 81.4 Å². The molecule has 34 heavy (non-hydrogen) atoms. The lowest BCUT2D eigenvalue weighted by molar-refractivity contribution is 0.306. The molecule has 0 spiro atoms. The number of aromatic hydroxyl groups is 1. The Kier molecular flexibility index (Phi) is 4.94. The highest BCUT2D eigenvalue weighted by molar-refractivity contribution is 5.87. The van der Waals surface area contributed by atoms with Crippen LogP contribution in [0.25, 0.3) is 10.9 Å². The Bertz CT molecular complexity index is 1420. The highest BCUT2D eigenvalue weighted by Crippen LogP contribution is 2.43. The standard InChI is InChI=1S/C27H29N3O4/c1-33-18-10-8-16(9-11-18)25-24-21(20-14-19(34-2)12-13-22(20)28-24)15-23-26(31)29(27(32)30(23)25)17-6-4-3-5-7-17/h8-14,17,25,28,31H,3-7,15H2,1-2H3. The first-order valence-corrected chi connectivity index (χ1v) is 12.0. The van der Waals surface area contributed by atoms with E-state index in [4.69, 9.17) is 9.47 Å². The van der Waals surface area contributed by atoms with Crippen LogP contribution in [0.1, 0.15) is 66.7 Å². The van der Waals surface area contributed by atoms with Crippen molar-refractivity contribution in [2.24, 2.45) is 0 Å². The monoisotopic (exact) mass is 459 g/mol. The van der Waals surface area contributed by atoms with E-state index >= 15 is 0 Å². The van der Waals surface area contributed by atoms with E-state index in [1.54, 1.807) is 23.4 Å². The van der Waals surface area contributed by atoms with Crippen LogP contribution in [0.3, 0.4) is 0 Å². The molecule has 0 bridgehead atoms. The van der Waals surface area contributed by atoms with Gasteiger partial charge in [0.2, 0.25) is 5.88 Å². The molecule has 0 amide bonds. The van der Waals surface area contributed by atoms with Crippen molar-refractivity contribution < 1.29 is 14.6 Å². The number of hydrogen-bond donors (Lipinski definition) is 2. The van der Waals surface area contributed by atoms with Gasteiger partial charge in [0.05, 0.1) is 19.9 Å². The van der Waals surface area contributed by atoms with Crippen LogP contribution in [0, 0.1) is 0 Å². The van der Waals surface area contributed by atoms with Gasteiger partial charge in [-0.3, -0.25) is 9.13 Å². The van der Waals surface area contributed by atoms with Crippen molar-refractivity contribution in [2.75, 3.05) is 14.2 Å². The molecule has 1 atom stereocenters. The van der Waals surface area contributed by atoms with Gasteiger partial charge in [0.15, 0.2) is 0 Å². The average molecular weight is 460 g/mol. The van der Waals surface area contributed by atoms with Crippen molar-refractivity contribution >= 4 is 10.9 Å². The summed E-state index contributed by atoms with van der Waals surface area (Å²) in [4.78, 5) is 17.5. The van der Waals surface area contributed by atoms with Gasteiger partial charge in [-0.05, 0) is 54.3 Å². The number of nitrogens with zero attached hydrogens (tertiary/aromatic N) is 2. The third-order valence-electron chi connectivity index (χ3n) is 7.58. The van der Waals surface area contributed by atoms with Crippen molar-refractivity contribution in [3.63, 3.8) is 0 Å². The summed E-state index contributed by atoms with van der Waals surface area (Å²) in [6, 6.07) is 13.5. The molecule has 2 aromatic carbocycles. The van der Waals surface area contributed by atoms with Crippen LogP contribution in [-0.4, -0.2) is 33.4 Å². The maximum Gasteiger partial charge on any atom is 0.332 e. The maximum atomic E-state index is 13.9. The number of benzene rings is 2. The smallest absolute Gasteiger partial charge is 0.332 e. The lowest BCUT2D eigenvalue weighted by Gasteiger charge is -2.26. The molecule has 3 heterocycles. The molecule has 2 N–H and O–H groups in total. The number of rotatable bonds is 4. The van der Waals surface area contributed by atoms with E-state index in [-0.39, 0.29) is 23.7 Å². The second-order valence-electron chi connectivity index (χ2n) is 9.37. The minimum Gasteiger partial charge on any atom is -0.497 e. The summed E-state index contributed by atoms with van der Waals surface area (Å²) in [7, 11) is 3.30. The summed E-state index contributed by atoms with van der Waals surface area (Å²) in [6.07, 6.45) is 5.69. The molecule has 6 rings (SSSR count). The van der Waals surface area contributed by atoms with Crippen LogP contribution in [0.4, 0.5) is 0 Å². The van der Waals surface area contributed by atoms with Gasteiger partial charge in [0.1, 0.15) is 17.5 Å². The SMILES string of the molecule is COc1ccc(C2c3[nH]c4ccc(OC)cc4c3Cc3c(O)n(C4CCCCC4)c(=O)n32)cc1. The van der Waals surface area contributed by atoms with Gasteiger partial charge < -0.3 is 19.6 Å². The summed E-state index contributed by atoms with van der Waals surface area (Å²) in [5.74, 6) is 1.65. The van der Waals surface area contributed by atoms with Gasteiger partial charge in [-0.1, -0.05) is 31.4 Å². The molecule has 1 aliphatic heterocycles. The van der Waals surface area contributed by atoms with Crippen molar-refractivity contribution in [1.29, 1.82) is 0 Å². The Morgan fingerprint density at radius 3 is 2.35 bits per heavy atom. The molecule has 0 saturated heterocycles. The van der Waals surface area contributed by atoms with Gasteiger partial charge in [-0.15, -0.1) is 0 Å². The summed E-state index contributed by atoms with van der Waals surface area (Å²) in [6.45, 7) is 0. The molecule has 1 fully saturated rings. The highest BCUT2D eigenvalue weighted by atomic mass is 16.5. The molecule has 7 nitrogen and oxygen atoms in total. The van der Waals surface area contributed by atoms with Gasteiger partial charge in [0.25, 0.3) is 0 Å². The molecule has 0 radical (unpaired) electrons. The summed E-state index contributed by atoms with van der Waals surface area (Å²) in [5, 5.41) is 12.4. The number of hydrogen-bond acceptors (Lipinski definition) is 4. The fourth-order valence-electron chi connectivity index (χ4n) is 5.86. The Labute approximate surface area is 197 Å². The average Bonchev–Trinajstić information content (AvgIpc) is 3.37. The number of methoxy groups -OCH3 is 2. The normalized spacial score (nSPS) is 18.0. The first-order valence-electron chi connectivity index (χ1n) is 12.0. The number of aromatic amines is 1. The van der Waals surface area contributed by atoms with Crippen molar-refractivity contribution in [3.8, 4) is 17.4 Å². The van der Waals surface area contributed by atoms with Crippen molar-refractivity contribution in [1.82, 2.24) is 14.1 Å². The van der Waals surface area contributed by atoms with Crippen LogP contribution in [0.5, 0.6) is 17.4 Å². The zero-order valence-corrected chi connectivity index (χ0v) is 19.5. The molecular formula is C27H29N3O4. The van der Waals surface area contributed by atoms with E-state index in [9.17, 15) is 9.90 Å². The molecule has 4 aromatic rings. The second kappa shape index (κ2) is 8.01. The van der Waals surface area contributed by atoms with Crippen LogP contribution in [0.15, 0.2) is 47.3 Å². The maximum absolute atomic E-state index is 13.9. The quantitative estimate of drug-likeness (QED) is 0.401. The van der Waals surface area contributed by atoms with Crippen LogP contribution < -0.4 is 15.2 Å². The minimum atomic E-state index is -0.369.